The van der Waals surface area contributed by atoms with Gasteiger partial charge in [-0.15, -0.1) is 0 Å². The number of nitro benzene ring substituents is 1. The van der Waals surface area contributed by atoms with Crippen LogP contribution in [0, 0.1) is 16.0 Å². The molecule has 104 valence electrons. The Kier molecular flexibility index (Phi) is 4.70. The Morgan fingerprint density at radius 2 is 2.37 bits per heavy atom. The van der Waals surface area contributed by atoms with Crippen LogP contribution >= 0.6 is 0 Å². The minimum absolute atomic E-state index is 0.0559. The van der Waals surface area contributed by atoms with E-state index in [1.165, 1.54) is 13.2 Å². The van der Waals surface area contributed by atoms with Crippen LogP contribution in [0.4, 0.5) is 5.69 Å². The van der Waals surface area contributed by atoms with Gasteiger partial charge in [0.15, 0.2) is 0 Å². The van der Waals surface area contributed by atoms with Crippen molar-refractivity contribution in [3.63, 3.8) is 0 Å². The Labute approximate surface area is 111 Å². The molecule has 1 aliphatic rings. The second-order valence-electron chi connectivity index (χ2n) is 4.66. The summed E-state index contributed by atoms with van der Waals surface area (Å²) in [7, 11) is 1.51. The molecule has 2 rings (SSSR count). The molecule has 0 spiro atoms. The van der Waals surface area contributed by atoms with Gasteiger partial charge in [0.25, 0.3) is 5.69 Å². The van der Waals surface area contributed by atoms with Gasteiger partial charge in [0.05, 0.1) is 24.7 Å². The van der Waals surface area contributed by atoms with Gasteiger partial charge < -0.3 is 14.8 Å². The number of methoxy groups -OCH3 is 1. The Morgan fingerprint density at radius 1 is 1.53 bits per heavy atom. The van der Waals surface area contributed by atoms with Crippen molar-refractivity contribution < 1.29 is 14.4 Å². The highest BCUT2D eigenvalue weighted by Crippen LogP contribution is 2.22. The maximum atomic E-state index is 10.8. The van der Waals surface area contributed by atoms with Crippen molar-refractivity contribution in [3.8, 4) is 5.75 Å². The number of nitrogens with zero attached hydrogens (tertiary/aromatic N) is 1. The van der Waals surface area contributed by atoms with Gasteiger partial charge in [-0.2, -0.15) is 0 Å². The summed E-state index contributed by atoms with van der Waals surface area (Å²) in [6, 6.07) is 4.81. The van der Waals surface area contributed by atoms with Crippen LogP contribution in [0.1, 0.15) is 12.0 Å². The van der Waals surface area contributed by atoms with E-state index in [1.807, 2.05) is 6.07 Å². The van der Waals surface area contributed by atoms with Crippen LogP contribution in [0.2, 0.25) is 0 Å². The summed E-state index contributed by atoms with van der Waals surface area (Å²) >= 11 is 0. The van der Waals surface area contributed by atoms with Gasteiger partial charge in [-0.25, -0.2) is 0 Å². The molecule has 1 N–H and O–H groups in total. The molecule has 0 aromatic heterocycles. The van der Waals surface area contributed by atoms with Gasteiger partial charge in [0, 0.05) is 25.8 Å². The summed E-state index contributed by atoms with van der Waals surface area (Å²) in [5.41, 5.74) is 0.908. The summed E-state index contributed by atoms with van der Waals surface area (Å²) in [6.45, 7) is 3.09. The predicted octanol–water partition coefficient (Wildman–Crippen LogP) is 1.73. The van der Waals surface area contributed by atoms with E-state index in [0.29, 0.717) is 18.2 Å². The third-order valence-corrected chi connectivity index (χ3v) is 3.18. The van der Waals surface area contributed by atoms with Crippen molar-refractivity contribution in [1.82, 2.24) is 5.32 Å². The summed E-state index contributed by atoms with van der Waals surface area (Å²) in [4.78, 5) is 10.4. The van der Waals surface area contributed by atoms with Crippen LogP contribution in [0.25, 0.3) is 0 Å². The molecule has 1 aromatic rings. The van der Waals surface area contributed by atoms with Crippen molar-refractivity contribution in [2.45, 2.75) is 13.0 Å². The third-order valence-electron chi connectivity index (χ3n) is 3.18. The lowest BCUT2D eigenvalue weighted by Crippen LogP contribution is -2.22. The van der Waals surface area contributed by atoms with Crippen molar-refractivity contribution in [2.75, 3.05) is 26.9 Å². The van der Waals surface area contributed by atoms with Crippen molar-refractivity contribution in [2.24, 2.45) is 5.92 Å². The van der Waals surface area contributed by atoms with E-state index in [2.05, 4.69) is 5.32 Å². The molecule has 19 heavy (non-hydrogen) atoms. The van der Waals surface area contributed by atoms with Gasteiger partial charge in [0.1, 0.15) is 5.75 Å². The molecule has 1 fully saturated rings. The smallest absolute Gasteiger partial charge is 0.273 e. The summed E-state index contributed by atoms with van der Waals surface area (Å²) < 4.78 is 10.4. The Morgan fingerprint density at radius 3 is 3.00 bits per heavy atom. The highest BCUT2D eigenvalue weighted by atomic mass is 16.6. The minimum atomic E-state index is -0.406. The quantitative estimate of drug-likeness (QED) is 0.627. The third kappa shape index (κ3) is 3.90. The number of hydrogen-bond donors (Lipinski definition) is 1. The molecule has 1 atom stereocenters. The SMILES string of the molecule is COc1cc(CNCC2CCOC2)cc([N+](=O)[O-])c1. The largest absolute Gasteiger partial charge is 0.496 e. The Balaban J connectivity index is 1.94. The van der Waals surface area contributed by atoms with Crippen LogP contribution in [-0.4, -0.2) is 31.8 Å². The molecule has 6 nitrogen and oxygen atoms in total. The normalized spacial score (nSPS) is 18.5. The fraction of sp³-hybridized carbons (Fsp3) is 0.538. The van der Waals surface area contributed by atoms with Crippen LogP contribution < -0.4 is 10.1 Å². The first-order valence-corrected chi connectivity index (χ1v) is 6.30. The van der Waals surface area contributed by atoms with Gasteiger partial charge in [-0.1, -0.05) is 0 Å². The van der Waals surface area contributed by atoms with Gasteiger partial charge in [-0.05, 0) is 24.0 Å². The monoisotopic (exact) mass is 266 g/mol. The maximum Gasteiger partial charge on any atom is 0.273 e. The van der Waals surface area contributed by atoms with E-state index in [0.717, 1.165) is 31.7 Å². The van der Waals surface area contributed by atoms with Crippen LogP contribution in [0.15, 0.2) is 18.2 Å². The zero-order chi connectivity index (χ0) is 13.7. The van der Waals surface area contributed by atoms with Gasteiger partial charge in [-0.3, -0.25) is 10.1 Å². The molecule has 0 radical (unpaired) electrons. The second-order valence-corrected chi connectivity index (χ2v) is 4.66. The zero-order valence-electron chi connectivity index (χ0n) is 10.9. The number of benzene rings is 1. The van der Waals surface area contributed by atoms with Gasteiger partial charge >= 0.3 is 0 Å². The number of hydrogen-bond acceptors (Lipinski definition) is 5. The summed E-state index contributed by atoms with van der Waals surface area (Å²) in [5, 5.41) is 14.1. The highest BCUT2D eigenvalue weighted by molar-refractivity contribution is 5.42. The number of rotatable bonds is 6. The van der Waals surface area contributed by atoms with E-state index >= 15 is 0 Å². The average Bonchev–Trinajstić information content (AvgIpc) is 2.91. The van der Waals surface area contributed by atoms with Crippen LogP contribution in [0.5, 0.6) is 5.75 Å². The van der Waals surface area contributed by atoms with Gasteiger partial charge in [0.2, 0.25) is 0 Å². The van der Waals surface area contributed by atoms with Crippen molar-refractivity contribution >= 4 is 5.69 Å². The molecular formula is C13H18N2O4. The second kappa shape index (κ2) is 6.49. The average molecular weight is 266 g/mol. The Bertz CT molecular complexity index is 444. The standard InChI is InChI=1S/C13H18N2O4/c1-18-13-5-11(4-12(6-13)15(16)17)8-14-7-10-2-3-19-9-10/h4-6,10,14H,2-3,7-9H2,1H3. The molecule has 1 aliphatic heterocycles. The van der Waals surface area contributed by atoms with Crippen molar-refractivity contribution in [1.29, 1.82) is 0 Å². The first kappa shape index (κ1) is 13.8. The first-order valence-electron chi connectivity index (χ1n) is 6.30. The topological polar surface area (TPSA) is 73.6 Å². The first-order chi connectivity index (χ1) is 9.19. The summed E-state index contributed by atoms with van der Waals surface area (Å²) in [5.74, 6) is 1.05. The lowest BCUT2D eigenvalue weighted by molar-refractivity contribution is -0.385. The fourth-order valence-electron chi connectivity index (χ4n) is 2.13. The molecule has 1 unspecified atom stereocenters. The van der Waals surface area contributed by atoms with E-state index in [4.69, 9.17) is 9.47 Å². The minimum Gasteiger partial charge on any atom is -0.496 e. The van der Waals surface area contributed by atoms with E-state index in [1.54, 1.807) is 6.07 Å². The number of non-ortho nitro benzene ring substituents is 1. The zero-order valence-corrected chi connectivity index (χ0v) is 10.9. The summed E-state index contributed by atoms with van der Waals surface area (Å²) in [6.07, 6.45) is 1.07. The molecule has 1 saturated heterocycles. The molecule has 1 heterocycles. The van der Waals surface area contributed by atoms with Crippen LogP contribution in [0.3, 0.4) is 0 Å². The number of nitro groups is 1. The molecule has 6 heteroatoms. The maximum absolute atomic E-state index is 10.8. The molecule has 0 saturated carbocycles. The number of nitrogens with one attached hydrogen (secondary N) is 1. The number of ether oxygens (including phenoxy) is 2. The van der Waals surface area contributed by atoms with E-state index < -0.39 is 4.92 Å². The molecule has 0 bridgehead atoms. The highest BCUT2D eigenvalue weighted by Gasteiger charge is 2.15. The van der Waals surface area contributed by atoms with Crippen molar-refractivity contribution in [3.05, 3.63) is 33.9 Å². The molecular weight excluding hydrogens is 248 g/mol. The van der Waals surface area contributed by atoms with Crippen LogP contribution in [-0.2, 0) is 11.3 Å². The lowest BCUT2D eigenvalue weighted by atomic mass is 10.1. The molecule has 0 amide bonds. The predicted molar refractivity (Wildman–Crippen MR) is 70.3 cm³/mol. The molecule has 1 aromatic carbocycles. The fourth-order valence-corrected chi connectivity index (χ4v) is 2.13. The van der Waals surface area contributed by atoms with E-state index in [9.17, 15) is 10.1 Å². The molecule has 0 aliphatic carbocycles. The lowest BCUT2D eigenvalue weighted by Gasteiger charge is -2.10. The Hall–Kier alpha value is -1.66. The van der Waals surface area contributed by atoms with E-state index in [-0.39, 0.29) is 5.69 Å².